The number of hydrogen-bond acceptors (Lipinski definition) is 7. The molecule has 0 bridgehead atoms. The van der Waals surface area contributed by atoms with E-state index < -0.39 is 0 Å². The summed E-state index contributed by atoms with van der Waals surface area (Å²) in [5.74, 6) is 2.26. The fraction of sp³-hybridized carbons (Fsp3) is 0.308. The lowest BCUT2D eigenvalue weighted by molar-refractivity contribution is 0.417. The van der Waals surface area contributed by atoms with Crippen LogP contribution in [0.25, 0.3) is 0 Å². The van der Waals surface area contributed by atoms with Crippen LogP contribution in [-0.4, -0.2) is 43.2 Å². The minimum absolute atomic E-state index is 0.456. The van der Waals surface area contributed by atoms with Crippen molar-refractivity contribution in [3.05, 3.63) is 24.3 Å². The molecular weight excluding hydrogens is 256 g/mol. The molecule has 0 atom stereocenters. The highest BCUT2D eigenvalue weighted by molar-refractivity contribution is 5.63. The van der Waals surface area contributed by atoms with Gasteiger partial charge in [0.05, 0.1) is 12.8 Å². The summed E-state index contributed by atoms with van der Waals surface area (Å²) in [5, 5.41) is 6.06. The Kier molecular flexibility index (Phi) is 4.19. The first-order valence-electron chi connectivity index (χ1n) is 6.15. The molecule has 2 N–H and O–H groups in total. The summed E-state index contributed by atoms with van der Waals surface area (Å²) >= 11 is 0. The maximum absolute atomic E-state index is 5.29. The monoisotopic (exact) mass is 274 g/mol. The van der Waals surface area contributed by atoms with E-state index in [-0.39, 0.29) is 0 Å². The Morgan fingerprint density at radius 3 is 2.40 bits per heavy atom. The number of para-hydroxylation sites is 2. The van der Waals surface area contributed by atoms with Crippen LogP contribution in [0.5, 0.6) is 5.75 Å². The van der Waals surface area contributed by atoms with Crippen LogP contribution in [0.3, 0.4) is 0 Å². The number of aromatic nitrogens is 3. The number of anilines is 4. The Bertz CT molecular complexity index is 587. The number of benzene rings is 1. The Labute approximate surface area is 118 Å². The minimum atomic E-state index is 0.456. The third-order valence-corrected chi connectivity index (χ3v) is 2.60. The van der Waals surface area contributed by atoms with E-state index in [1.807, 2.05) is 43.3 Å². The lowest BCUT2D eigenvalue weighted by Gasteiger charge is -2.14. The van der Waals surface area contributed by atoms with Crippen molar-refractivity contribution < 1.29 is 4.74 Å². The van der Waals surface area contributed by atoms with Crippen LogP contribution in [-0.2, 0) is 0 Å². The molecule has 0 fully saturated rings. The fourth-order valence-corrected chi connectivity index (χ4v) is 1.60. The maximum Gasteiger partial charge on any atom is 0.233 e. The molecule has 20 heavy (non-hydrogen) atoms. The van der Waals surface area contributed by atoms with Crippen LogP contribution < -0.4 is 20.3 Å². The number of nitrogens with one attached hydrogen (secondary N) is 2. The van der Waals surface area contributed by atoms with Crippen molar-refractivity contribution in [1.82, 2.24) is 15.0 Å². The molecule has 106 valence electrons. The van der Waals surface area contributed by atoms with Crippen molar-refractivity contribution >= 4 is 23.5 Å². The molecule has 0 aliphatic heterocycles. The van der Waals surface area contributed by atoms with E-state index in [9.17, 15) is 0 Å². The van der Waals surface area contributed by atoms with E-state index in [4.69, 9.17) is 4.74 Å². The van der Waals surface area contributed by atoms with E-state index in [1.165, 1.54) is 0 Å². The van der Waals surface area contributed by atoms with Gasteiger partial charge in [-0.1, -0.05) is 12.1 Å². The molecule has 1 aromatic carbocycles. The fourth-order valence-electron chi connectivity index (χ4n) is 1.60. The van der Waals surface area contributed by atoms with Gasteiger partial charge in [-0.3, -0.25) is 0 Å². The number of methoxy groups -OCH3 is 1. The number of rotatable bonds is 5. The maximum atomic E-state index is 5.29. The minimum Gasteiger partial charge on any atom is -0.495 e. The van der Waals surface area contributed by atoms with Gasteiger partial charge in [-0.2, -0.15) is 15.0 Å². The molecule has 0 spiro atoms. The molecule has 0 amide bonds. The zero-order chi connectivity index (χ0) is 14.5. The number of hydrogen-bond donors (Lipinski definition) is 2. The van der Waals surface area contributed by atoms with Crippen LogP contribution >= 0.6 is 0 Å². The van der Waals surface area contributed by atoms with Gasteiger partial charge in [0, 0.05) is 21.1 Å². The zero-order valence-electron chi connectivity index (χ0n) is 12.0. The molecule has 0 radical (unpaired) electrons. The Hall–Kier alpha value is -2.57. The van der Waals surface area contributed by atoms with Crippen molar-refractivity contribution in [1.29, 1.82) is 0 Å². The molecule has 0 aliphatic rings. The largest absolute Gasteiger partial charge is 0.495 e. The number of nitrogens with zero attached hydrogens (tertiary/aromatic N) is 4. The van der Waals surface area contributed by atoms with E-state index in [2.05, 4.69) is 25.6 Å². The van der Waals surface area contributed by atoms with Gasteiger partial charge < -0.3 is 20.3 Å². The van der Waals surface area contributed by atoms with Crippen LogP contribution in [0, 0.1) is 0 Å². The smallest absolute Gasteiger partial charge is 0.233 e. The third kappa shape index (κ3) is 3.05. The lowest BCUT2D eigenvalue weighted by Crippen LogP contribution is -2.15. The van der Waals surface area contributed by atoms with Gasteiger partial charge >= 0.3 is 0 Å². The van der Waals surface area contributed by atoms with E-state index >= 15 is 0 Å². The summed E-state index contributed by atoms with van der Waals surface area (Å²) in [6, 6.07) is 7.59. The van der Waals surface area contributed by atoms with Crippen LogP contribution in [0.4, 0.5) is 23.5 Å². The van der Waals surface area contributed by atoms with Crippen LogP contribution in [0.1, 0.15) is 0 Å². The first-order chi connectivity index (χ1) is 9.63. The van der Waals surface area contributed by atoms with Gasteiger partial charge in [-0.25, -0.2) is 0 Å². The quantitative estimate of drug-likeness (QED) is 0.860. The summed E-state index contributed by atoms with van der Waals surface area (Å²) in [6.45, 7) is 0. The molecule has 0 unspecified atom stereocenters. The first-order valence-corrected chi connectivity index (χ1v) is 6.15. The highest BCUT2D eigenvalue weighted by Gasteiger charge is 2.09. The predicted molar refractivity (Wildman–Crippen MR) is 80.0 cm³/mol. The summed E-state index contributed by atoms with van der Waals surface area (Å²) in [4.78, 5) is 14.7. The predicted octanol–water partition coefficient (Wildman–Crippen LogP) is 1.73. The molecule has 0 saturated carbocycles. The first kappa shape index (κ1) is 13.9. The van der Waals surface area contributed by atoms with Crippen molar-refractivity contribution in [2.45, 2.75) is 0 Å². The van der Waals surface area contributed by atoms with E-state index in [0.717, 1.165) is 11.4 Å². The Morgan fingerprint density at radius 2 is 1.75 bits per heavy atom. The summed E-state index contributed by atoms with van der Waals surface area (Å²) in [5.41, 5.74) is 0.799. The molecule has 2 rings (SSSR count). The average Bonchev–Trinajstić information content (AvgIpc) is 2.47. The van der Waals surface area contributed by atoms with Crippen LogP contribution in [0.15, 0.2) is 24.3 Å². The summed E-state index contributed by atoms with van der Waals surface area (Å²) in [6.07, 6.45) is 0. The second-order valence-electron chi connectivity index (χ2n) is 4.25. The topological polar surface area (TPSA) is 75.2 Å². The third-order valence-electron chi connectivity index (χ3n) is 2.60. The molecule has 7 heteroatoms. The molecule has 0 aliphatic carbocycles. The highest BCUT2D eigenvalue weighted by Crippen LogP contribution is 2.26. The molecule has 2 aromatic rings. The second-order valence-corrected chi connectivity index (χ2v) is 4.25. The van der Waals surface area contributed by atoms with E-state index in [0.29, 0.717) is 17.8 Å². The standard InChI is InChI=1S/C13H18N6O/c1-14-11-16-12(18-13(17-11)19(2)3)15-9-7-5-6-8-10(9)20-4/h5-8H,1-4H3,(H2,14,15,16,17,18). The second kappa shape index (κ2) is 6.05. The summed E-state index contributed by atoms with van der Waals surface area (Å²) in [7, 11) is 7.14. The van der Waals surface area contributed by atoms with Gasteiger partial charge in [0.2, 0.25) is 17.8 Å². The highest BCUT2D eigenvalue weighted by atomic mass is 16.5. The van der Waals surface area contributed by atoms with Crippen LogP contribution in [0.2, 0.25) is 0 Å². The van der Waals surface area contributed by atoms with Crippen molar-refractivity contribution in [3.8, 4) is 5.75 Å². The zero-order valence-corrected chi connectivity index (χ0v) is 12.0. The molecule has 1 heterocycles. The lowest BCUT2D eigenvalue weighted by atomic mass is 10.3. The normalized spacial score (nSPS) is 10.0. The Balaban J connectivity index is 2.35. The van der Waals surface area contributed by atoms with Gasteiger partial charge in [0.15, 0.2) is 0 Å². The molecule has 1 aromatic heterocycles. The Morgan fingerprint density at radius 1 is 1.05 bits per heavy atom. The van der Waals surface area contributed by atoms with Crippen molar-refractivity contribution in [2.24, 2.45) is 0 Å². The number of ether oxygens (including phenoxy) is 1. The molecule has 7 nitrogen and oxygen atoms in total. The SMILES string of the molecule is CNc1nc(Nc2ccccc2OC)nc(N(C)C)n1. The van der Waals surface area contributed by atoms with Crippen molar-refractivity contribution in [3.63, 3.8) is 0 Å². The van der Waals surface area contributed by atoms with Gasteiger partial charge in [-0.15, -0.1) is 0 Å². The van der Waals surface area contributed by atoms with E-state index in [1.54, 1.807) is 14.2 Å². The van der Waals surface area contributed by atoms with Gasteiger partial charge in [-0.05, 0) is 12.1 Å². The van der Waals surface area contributed by atoms with Crippen molar-refractivity contribution in [2.75, 3.05) is 43.8 Å². The van der Waals surface area contributed by atoms with Gasteiger partial charge in [0.1, 0.15) is 5.75 Å². The average molecular weight is 274 g/mol. The molecular formula is C13H18N6O. The van der Waals surface area contributed by atoms with Gasteiger partial charge in [0.25, 0.3) is 0 Å². The summed E-state index contributed by atoms with van der Waals surface area (Å²) < 4.78 is 5.29. The molecule has 0 saturated heterocycles.